The molecule has 2 heterocycles. The van der Waals surface area contributed by atoms with Crippen LogP contribution >= 0.6 is 0 Å². The van der Waals surface area contributed by atoms with Crippen molar-refractivity contribution in [3.8, 4) is 0 Å². The first-order valence-corrected chi connectivity index (χ1v) is 6.40. The Morgan fingerprint density at radius 2 is 2.18 bits per heavy atom. The molecule has 4 nitrogen and oxygen atoms in total. The van der Waals surface area contributed by atoms with Crippen LogP contribution in [0.15, 0.2) is 0 Å². The van der Waals surface area contributed by atoms with Crippen molar-refractivity contribution in [3.05, 3.63) is 0 Å². The number of rotatable bonds is 6. The van der Waals surface area contributed by atoms with Crippen molar-refractivity contribution in [1.29, 1.82) is 0 Å². The molecule has 98 valence electrons. The Labute approximate surface area is 103 Å². The Bertz CT molecular complexity index is 285. The lowest BCUT2D eigenvalue weighted by Crippen LogP contribution is -2.44. The average molecular weight is 242 g/mol. The third-order valence-electron chi connectivity index (χ3n) is 3.59. The average Bonchev–Trinajstić information content (AvgIpc) is 2.96. The summed E-state index contributed by atoms with van der Waals surface area (Å²) in [6.07, 6.45) is 2.55. The Kier molecular flexibility index (Phi) is 3.73. The highest BCUT2D eigenvalue weighted by Crippen LogP contribution is 2.29. The second-order valence-electron chi connectivity index (χ2n) is 5.77. The molecule has 3 unspecified atom stereocenters. The summed E-state index contributed by atoms with van der Waals surface area (Å²) in [5.41, 5.74) is 0.0451. The van der Waals surface area contributed by atoms with Crippen molar-refractivity contribution in [3.63, 3.8) is 0 Å². The molecule has 2 aliphatic rings. The number of hydrogen-bond acceptors (Lipinski definition) is 4. The van der Waals surface area contributed by atoms with Gasteiger partial charge in [-0.25, -0.2) is 0 Å². The lowest BCUT2D eigenvalue weighted by Gasteiger charge is -2.37. The number of epoxide rings is 1. The second-order valence-corrected chi connectivity index (χ2v) is 5.77. The molecule has 0 aromatic rings. The minimum absolute atomic E-state index is 0.0315. The maximum absolute atomic E-state index is 11.7. The van der Waals surface area contributed by atoms with Crippen LogP contribution in [0.4, 0.5) is 0 Å². The molecule has 0 aromatic heterocycles. The van der Waals surface area contributed by atoms with Gasteiger partial charge in [-0.15, -0.1) is 0 Å². The summed E-state index contributed by atoms with van der Waals surface area (Å²) in [5.74, 6) is -0.123. The predicted molar refractivity (Wildman–Crippen MR) is 62.6 cm³/mol. The molecule has 17 heavy (non-hydrogen) atoms. The first-order chi connectivity index (χ1) is 8.00. The summed E-state index contributed by atoms with van der Waals surface area (Å²) in [6, 6.07) is 0. The molecular formula is C13H22O4. The Hall–Kier alpha value is -0.610. The summed E-state index contributed by atoms with van der Waals surface area (Å²) in [6.45, 7) is 7.94. The maximum atomic E-state index is 11.7. The number of hydrogen-bond donors (Lipinski definition) is 0. The van der Waals surface area contributed by atoms with E-state index in [0.29, 0.717) is 32.0 Å². The summed E-state index contributed by atoms with van der Waals surface area (Å²) in [4.78, 5) is 11.7. The standard InChI is InChI=1S/C13H22O4/c1-9(4-5-11-10(2)17-11)12(14)16-8-13(3)6-15-7-13/h9-11H,4-8H2,1-3H3. The van der Waals surface area contributed by atoms with Gasteiger partial charge in [0.1, 0.15) is 6.61 Å². The second kappa shape index (κ2) is 4.94. The van der Waals surface area contributed by atoms with E-state index in [0.717, 1.165) is 12.8 Å². The summed E-state index contributed by atoms with van der Waals surface area (Å²) < 4.78 is 15.8. The van der Waals surface area contributed by atoms with Crippen molar-refractivity contribution in [1.82, 2.24) is 0 Å². The normalized spacial score (nSPS) is 31.5. The molecule has 2 saturated heterocycles. The third kappa shape index (κ3) is 3.42. The van der Waals surface area contributed by atoms with Crippen LogP contribution < -0.4 is 0 Å². The SMILES string of the molecule is CC(CCC1OC1C)C(=O)OCC1(C)COC1. The van der Waals surface area contributed by atoms with Crippen LogP contribution in [0.3, 0.4) is 0 Å². The zero-order valence-corrected chi connectivity index (χ0v) is 10.9. The van der Waals surface area contributed by atoms with E-state index in [9.17, 15) is 4.79 Å². The highest BCUT2D eigenvalue weighted by atomic mass is 16.6. The van der Waals surface area contributed by atoms with Crippen molar-refractivity contribution in [2.75, 3.05) is 19.8 Å². The van der Waals surface area contributed by atoms with Gasteiger partial charge in [0.15, 0.2) is 0 Å². The quantitative estimate of drug-likeness (QED) is 0.526. The van der Waals surface area contributed by atoms with Gasteiger partial charge in [0.05, 0.1) is 31.3 Å². The molecule has 0 radical (unpaired) electrons. The number of carbonyl (C=O) groups excluding carboxylic acids is 1. The molecule has 2 fully saturated rings. The van der Waals surface area contributed by atoms with Crippen LogP contribution in [0.2, 0.25) is 0 Å². The molecule has 2 rings (SSSR count). The van der Waals surface area contributed by atoms with E-state index in [1.165, 1.54) is 0 Å². The minimum Gasteiger partial charge on any atom is -0.465 e. The van der Waals surface area contributed by atoms with Crippen LogP contribution in [-0.4, -0.2) is 38.0 Å². The van der Waals surface area contributed by atoms with Gasteiger partial charge >= 0.3 is 5.97 Å². The summed E-state index contributed by atoms with van der Waals surface area (Å²) in [5, 5.41) is 0. The molecule has 0 spiro atoms. The zero-order valence-electron chi connectivity index (χ0n) is 10.9. The molecule has 0 saturated carbocycles. The minimum atomic E-state index is -0.0913. The predicted octanol–water partition coefficient (Wildman–Crippen LogP) is 1.77. The number of ether oxygens (including phenoxy) is 3. The molecule has 0 N–H and O–H groups in total. The third-order valence-corrected chi connectivity index (χ3v) is 3.59. The van der Waals surface area contributed by atoms with Gasteiger partial charge < -0.3 is 14.2 Å². The smallest absolute Gasteiger partial charge is 0.308 e. The Morgan fingerprint density at radius 3 is 2.65 bits per heavy atom. The van der Waals surface area contributed by atoms with Crippen molar-refractivity contribution in [2.24, 2.45) is 11.3 Å². The van der Waals surface area contributed by atoms with Gasteiger partial charge in [-0.1, -0.05) is 13.8 Å². The van der Waals surface area contributed by atoms with E-state index in [-0.39, 0.29) is 17.3 Å². The van der Waals surface area contributed by atoms with Crippen LogP contribution in [-0.2, 0) is 19.0 Å². The topological polar surface area (TPSA) is 48.1 Å². The van der Waals surface area contributed by atoms with E-state index >= 15 is 0 Å². The Balaban J connectivity index is 1.61. The van der Waals surface area contributed by atoms with Gasteiger partial charge in [-0.2, -0.15) is 0 Å². The van der Waals surface area contributed by atoms with Crippen LogP contribution in [0.25, 0.3) is 0 Å². The van der Waals surface area contributed by atoms with Crippen molar-refractivity contribution in [2.45, 2.75) is 45.8 Å². The van der Waals surface area contributed by atoms with E-state index in [1.807, 2.05) is 6.92 Å². The molecule has 0 amide bonds. The maximum Gasteiger partial charge on any atom is 0.308 e. The first-order valence-electron chi connectivity index (χ1n) is 6.40. The van der Waals surface area contributed by atoms with E-state index in [4.69, 9.17) is 14.2 Å². The van der Waals surface area contributed by atoms with E-state index < -0.39 is 0 Å². The fraction of sp³-hybridized carbons (Fsp3) is 0.923. The van der Waals surface area contributed by atoms with Crippen molar-refractivity contribution < 1.29 is 19.0 Å². The molecule has 4 heteroatoms. The summed E-state index contributed by atoms with van der Waals surface area (Å²) >= 11 is 0. The van der Waals surface area contributed by atoms with Gasteiger partial charge in [0.2, 0.25) is 0 Å². The molecule has 2 aliphatic heterocycles. The largest absolute Gasteiger partial charge is 0.465 e. The highest BCUT2D eigenvalue weighted by Gasteiger charge is 2.36. The molecule has 3 atom stereocenters. The lowest BCUT2D eigenvalue weighted by molar-refractivity contribution is -0.168. The van der Waals surface area contributed by atoms with Gasteiger partial charge in [-0.3, -0.25) is 4.79 Å². The van der Waals surface area contributed by atoms with Gasteiger partial charge in [-0.05, 0) is 19.8 Å². The van der Waals surface area contributed by atoms with Crippen LogP contribution in [0.5, 0.6) is 0 Å². The monoisotopic (exact) mass is 242 g/mol. The van der Waals surface area contributed by atoms with Crippen molar-refractivity contribution >= 4 is 5.97 Å². The zero-order chi connectivity index (χ0) is 12.5. The van der Waals surface area contributed by atoms with E-state index in [1.54, 1.807) is 0 Å². The summed E-state index contributed by atoms with van der Waals surface area (Å²) in [7, 11) is 0. The van der Waals surface area contributed by atoms with E-state index in [2.05, 4.69) is 13.8 Å². The van der Waals surface area contributed by atoms with Crippen LogP contribution in [0.1, 0.15) is 33.6 Å². The van der Waals surface area contributed by atoms with Gasteiger partial charge in [0, 0.05) is 5.41 Å². The fourth-order valence-corrected chi connectivity index (χ4v) is 1.99. The fourth-order valence-electron chi connectivity index (χ4n) is 1.99. The number of carbonyl (C=O) groups is 1. The highest BCUT2D eigenvalue weighted by molar-refractivity contribution is 5.71. The lowest BCUT2D eigenvalue weighted by atomic mass is 9.90. The number of esters is 1. The molecule has 0 bridgehead atoms. The molecule has 0 aromatic carbocycles. The first kappa shape index (κ1) is 12.8. The van der Waals surface area contributed by atoms with Gasteiger partial charge in [0.25, 0.3) is 0 Å². The molecule has 0 aliphatic carbocycles. The Morgan fingerprint density at radius 1 is 1.53 bits per heavy atom. The molecular weight excluding hydrogens is 220 g/mol. The van der Waals surface area contributed by atoms with Crippen LogP contribution in [0, 0.1) is 11.3 Å².